The Morgan fingerprint density at radius 3 is 2.85 bits per heavy atom. The second-order valence-electron chi connectivity index (χ2n) is 4.50. The van der Waals surface area contributed by atoms with E-state index in [0.29, 0.717) is 11.6 Å². The molecule has 3 rings (SSSR count). The number of fused-ring (bicyclic) bond motifs is 1. The molecule has 3 nitrogen and oxygen atoms in total. The van der Waals surface area contributed by atoms with Gasteiger partial charge in [0.2, 0.25) is 0 Å². The summed E-state index contributed by atoms with van der Waals surface area (Å²) in [5.74, 6) is 0.658. The highest BCUT2D eigenvalue weighted by Crippen LogP contribution is 2.30. The topological polar surface area (TPSA) is 29.5 Å². The first-order valence-electron chi connectivity index (χ1n) is 6.10. The number of halogens is 2. The lowest BCUT2D eigenvalue weighted by Gasteiger charge is -2.20. The summed E-state index contributed by atoms with van der Waals surface area (Å²) in [6.07, 6.45) is 0. The average Bonchev–Trinajstić information content (AvgIpc) is 2.58. The van der Waals surface area contributed by atoms with Crippen molar-refractivity contribution < 1.29 is 9.53 Å². The van der Waals surface area contributed by atoms with Gasteiger partial charge in [-0.25, -0.2) is 0 Å². The minimum Gasteiger partial charge on any atom is -0.483 e. The van der Waals surface area contributed by atoms with Gasteiger partial charge in [-0.1, -0.05) is 33.6 Å². The molecule has 1 aliphatic heterocycles. The molecule has 0 atom stereocenters. The molecule has 0 saturated carbocycles. The second kappa shape index (κ2) is 5.46. The summed E-state index contributed by atoms with van der Waals surface area (Å²) in [7, 11) is 0. The summed E-state index contributed by atoms with van der Waals surface area (Å²) in [6, 6.07) is 13.0. The van der Waals surface area contributed by atoms with Crippen LogP contribution < -0.4 is 9.64 Å². The molecule has 0 N–H and O–H groups in total. The van der Waals surface area contributed by atoms with Crippen LogP contribution in [0, 0.1) is 0 Å². The number of hydrogen-bond donors (Lipinski definition) is 0. The Hall–Kier alpha value is -1.52. The normalized spacial score (nSPS) is 14.5. The highest BCUT2D eigenvalue weighted by Gasteiger charge is 2.23. The van der Waals surface area contributed by atoms with Crippen LogP contribution in [-0.2, 0) is 11.3 Å². The van der Waals surface area contributed by atoms with Crippen LogP contribution in [0.25, 0.3) is 0 Å². The molecule has 2 aromatic carbocycles. The monoisotopic (exact) mass is 351 g/mol. The molecule has 0 aliphatic carbocycles. The van der Waals surface area contributed by atoms with Gasteiger partial charge in [0.15, 0.2) is 6.61 Å². The number of nitrogens with zero attached hydrogens (tertiary/aromatic N) is 1. The molecule has 0 saturated heterocycles. The van der Waals surface area contributed by atoms with Crippen LogP contribution in [0.15, 0.2) is 46.9 Å². The van der Waals surface area contributed by atoms with Crippen LogP contribution in [0.4, 0.5) is 5.69 Å². The fourth-order valence-electron chi connectivity index (χ4n) is 2.17. The molecule has 0 spiro atoms. The summed E-state index contributed by atoms with van der Waals surface area (Å²) >= 11 is 9.44. The Morgan fingerprint density at radius 2 is 2.05 bits per heavy atom. The van der Waals surface area contributed by atoms with E-state index in [2.05, 4.69) is 15.9 Å². The lowest BCUT2D eigenvalue weighted by Crippen LogP contribution is -2.32. The molecule has 1 amide bonds. The van der Waals surface area contributed by atoms with E-state index in [9.17, 15) is 4.79 Å². The number of carbonyl (C=O) groups excluding carboxylic acids is 1. The third-order valence-corrected chi connectivity index (χ3v) is 3.85. The average molecular weight is 353 g/mol. The van der Waals surface area contributed by atoms with Crippen molar-refractivity contribution in [3.05, 3.63) is 57.5 Å². The molecular weight excluding hydrogens is 342 g/mol. The molecule has 0 unspecified atom stereocenters. The molecule has 2 aromatic rings. The van der Waals surface area contributed by atoms with E-state index in [0.717, 1.165) is 21.5 Å². The third kappa shape index (κ3) is 2.67. The first-order valence-corrected chi connectivity index (χ1v) is 7.28. The molecule has 102 valence electrons. The van der Waals surface area contributed by atoms with E-state index >= 15 is 0 Å². The van der Waals surface area contributed by atoms with Crippen molar-refractivity contribution in [2.24, 2.45) is 0 Å². The van der Waals surface area contributed by atoms with E-state index in [1.54, 1.807) is 17.0 Å². The van der Waals surface area contributed by atoms with Crippen LogP contribution >= 0.6 is 27.5 Å². The van der Waals surface area contributed by atoms with E-state index in [1.165, 1.54) is 0 Å². The van der Waals surface area contributed by atoms with Crippen molar-refractivity contribution in [3.8, 4) is 5.75 Å². The van der Waals surface area contributed by atoms with Crippen molar-refractivity contribution in [2.45, 2.75) is 6.54 Å². The van der Waals surface area contributed by atoms with Gasteiger partial charge in [0, 0.05) is 20.7 Å². The zero-order valence-corrected chi connectivity index (χ0v) is 12.8. The molecular formula is C15H11BrClNO2. The maximum absolute atomic E-state index is 12.2. The first-order chi connectivity index (χ1) is 9.63. The van der Waals surface area contributed by atoms with Crippen LogP contribution in [-0.4, -0.2) is 12.5 Å². The second-order valence-corrected chi connectivity index (χ2v) is 5.85. The van der Waals surface area contributed by atoms with Crippen molar-refractivity contribution in [2.75, 3.05) is 11.5 Å². The summed E-state index contributed by atoms with van der Waals surface area (Å²) in [6.45, 7) is 0.495. The maximum atomic E-state index is 12.2. The summed E-state index contributed by atoms with van der Waals surface area (Å²) < 4.78 is 6.51. The Balaban J connectivity index is 2.01. The molecule has 0 radical (unpaired) electrons. The Labute approximate surface area is 130 Å². The molecule has 0 aromatic heterocycles. The van der Waals surface area contributed by atoms with E-state index < -0.39 is 0 Å². The lowest BCUT2D eigenvalue weighted by molar-refractivity contribution is -0.120. The Morgan fingerprint density at radius 1 is 1.20 bits per heavy atom. The SMILES string of the molecule is O=C1COc2ccc(Br)cc2CN1c1cccc(Cl)c1. The number of amides is 1. The standard InChI is InChI=1S/C15H11BrClNO2/c16-11-4-5-14-10(6-11)8-18(15(19)9-20-14)13-3-1-2-12(17)7-13/h1-7H,8-9H2. The smallest absolute Gasteiger partial charge is 0.265 e. The lowest BCUT2D eigenvalue weighted by atomic mass is 10.2. The third-order valence-electron chi connectivity index (χ3n) is 3.12. The van der Waals surface area contributed by atoms with Gasteiger partial charge in [0.1, 0.15) is 5.75 Å². The van der Waals surface area contributed by atoms with Crippen LogP contribution in [0.5, 0.6) is 5.75 Å². The highest BCUT2D eigenvalue weighted by molar-refractivity contribution is 9.10. The van der Waals surface area contributed by atoms with Gasteiger partial charge in [0.05, 0.1) is 6.54 Å². The van der Waals surface area contributed by atoms with Crippen molar-refractivity contribution in [1.82, 2.24) is 0 Å². The Bertz CT molecular complexity index is 675. The van der Waals surface area contributed by atoms with Crippen molar-refractivity contribution in [1.29, 1.82) is 0 Å². The molecule has 20 heavy (non-hydrogen) atoms. The zero-order chi connectivity index (χ0) is 14.1. The first kappa shape index (κ1) is 13.5. The van der Waals surface area contributed by atoms with Crippen molar-refractivity contribution in [3.63, 3.8) is 0 Å². The van der Waals surface area contributed by atoms with Gasteiger partial charge in [-0.15, -0.1) is 0 Å². The van der Waals surface area contributed by atoms with Crippen molar-refractivity contribution >= 4 is 39.1 Å². The summed E-state index contributed by atoms with van der Waals surface area (Å²) in [5, 5.41) is 0.606. The fraction of sp³-hybridized carbons (Fsp3) is 0.133. The summed E-state index contributed by atoms with van der Waals surface area (Å²) in [4.78, 5) is 13.9. The maximum Gasteiger partial charge on any atom is 0.265 e. The van der Waals surface area contributed by atoms with Gasteiger partial charge in [-0.3, -0.25) is 4.79 Å². The van der Waals surface area contributed by atoms with E-state index in [4.69, 9.17) is 16.3 Å². The molecule has 1 aliphatic rings. The molecule has 5 heteroatoms. The highest BCUT2D eigenvalue weighted by atomic mass is 79.9. The number of benzene rings is 2. The molecule has 1 heterocycles. The van der Waals surface area contributed by atoms with Crippen LogP contribution in [0.1, 0.15) is 5.56 Å². The zero-order valence-electron chi connectivity index (χ0n) is 10.5. The number of rotatable bonds is 1. The minimum absolute atomic E-state index is 0.0289. The van der Waals surface area contributed by atoms with Gasteiger partial charge in [-0.2, -0.15) is 0 Å². The number of anilines is 1. The van der Waals surface area contributed by atoms with Crippen LogP contribution in [0.2, 0.25) is 5.02 Å². The van der Waals surface area contributed by atoms with Gasteiger partial charge in [-0.05, 0) is 36.4 Å². The number of carbonyl (C=O) groups is 1. The summed E-state index contributed by atoms with van der Waals surface area (Å²) in [5.41, 5.74) is 1.74. The Kier molecular flexibility index (Phi) is 3.68. The predicted octanol–water partition coefficient (Wildman–Crippen LogP) is 4.03. The number of ether oxygens (including phenoxy) is 1. The fourth-order valence-corrected chi connectivity index (χ4v) is 2.76. The van der Waals surface area contributed by atoms with Gasteiger partial charge >= 0.3 is 0 Å². The van der Waals surface area contributed by atoms with E-state index in [-0.39, 0.29) is 12.5 Å². The molecule has 0 bridgehead atoms. The quantitative estimate of drug-likeness (QED) is 0.775. The molecule has 0 fully saturated rings. The predicted molar refractivity (Wildman–Crippen MR) is 82.3 cm³/mol. The van der Waals surface area contributed by atoms with Gasteiger partial charge in [0.25, 0.3) is 5.91 Å². The largest absolute Gasteiger partial charge is 0.483 e. The number of hydrogen-bond acceptors (Lipinski definition) is 2. The van der Waals surface area contributed by atoms with E-state index in [1.807, 2.05) is 30.3 Å². The van der Waals surface area contributed by atoms with Gasteiger partial charge < -0.3 is 9.64 Å². The minimum atomic E-state index is -0.0837. The van der Waals surface area contributed by atoms with Crippen LogP contribution in [0.3, 0.4) is 0 Å².